The third-order valence-electron chi connectivity index (χ3n) is 7.85. The summed E-state index contributed by atoms with van der Waals surface area (Å²) in [5, 5.41) is 5.98. The Hall–Kier alpha value is -2.31. The fourth-order valence-corrected chi connectivity index (χ4v) is 6.45. The van der Waals surface area contributed by atoms with Crippen molar-refractivity contribution >= 4 is 45.0 Å². The highest BCUT2D eigenvalue weighted by Gasteiger charge is 2.48. The molecule has 1 aromatic carbocycles. The van der Waals surface area contributed by atoms with Crippen molar-refractivity contribution in [2.75, 3.05) is 0 Å². The number of amides is 2. The predicted octanol–water partition coefficient (Wildman–Crippen LogP) is 5.71. The smallest absolute Gasteiger partial charge is 0.271 e. The summed E-state index contributed by atoms with van der Waals surface area (Å²) in [6.45, 7) is 7.09. The van der Waals surface area contributed by atoms with Crippen LogP contribution < -0.4 is 5.32 Å². The van der Waals surface area contributed by atoms with Crippen LogP contribution in [0.5, 0.6) is 0 Å². The van der Waals surface area contributed by atoms with Crippen molar-refractivity contribution in [1.82, 2.24) is 14.8 Å². The van der Waals surface area contributed by atoms with Gasteiger partial charge in [-0.3, -0.25) is 9.59 Å². The van der Waals surface area contributed by atoms with E-state index in [1.54, 1.807) is 16.2 Å². The van der Waals surface area contributed by atoms with Crippen LogP contribution in [0, 0.1) is 11.8 Å². The molecule has 5 nitrogen and oxygen atoms in total. The van der Waals surface area contributed by atoms with Crippen LogP contribution in [0.1, 0.15) is 56.1 Å². The van der Waals surface area contributed by atoms with E-state index in [4.69, 9.17) is 11.6 Å². The molecule has 2 amide bonds. The molecule has 3 heterocycles. The minimum atomic E-state index is -1.03. The monoisotopic (exact) mass is 483 g/mol. The molecule has 3 aromatic rings. The van der Waals surface area contributed by atoms with Crippen LogP contribution in [0.3, 0.4) is 0 Å². The first kappa shape index (κ1) is 22.5. The standard InChI is InChI=1S/C26H30ClN3O2S/c1-16-7-6-10-20(17(16)2)28-25(32)26(3)15-29-21-11-12-33-23(21)13-22(29)24(31)30(26)14-18-8-4-5-9-19(18)27/h4-5,8-9,11-13,16-17,20H,6-7,10,14-15H2,1-3H3,(H,28,32)/t16-,17+,20+,26-/m1/s1. The third-order valence-corrected chi connectivity index (χ3v) is 9.07. The molecule has 4 atom stereocenters. The third kappa shape index (κ3) is 3.77. The van der Waals surface area contributed by atoms with Gasteiger partial charge in [-0.05, 0) is 54.3 Å². The maximum Gasteiger partial charge on any atom is 0.271 e. The molecule has 2 aromatic heterocycles. The van der Waals surface area contributed by atoms with Gasteiger partial charge in [0.05, 0.1) is 16.8 Å². The lowest BCUT2D eigenvalue weighted by Gasteiger charge is -2.45. The molecular weight excluding hydrogens is 454 g/mol. The number of carbonyl (C=O) groups excluding carboxylic acids is 2. The van der Waals surface area contributed by atoms with Gasteiger partial charge in [0.15, 0.2) is 0 Å². The van der Waals surface area contributed by atoms with E-state index in [1.165, 1.54) is 6.42 Å². The zero-order valence-corrected chi connectivity index (χ0v) is 20.9. The van der Waals surface area contributed by atoms with Crippen molar-refractivity contribution in [3.63, 3.8) is 0 Å². The summed E-state index contributed by atoms with van der Waals surface area (Å²) in [5.41, 5.74) is 1.46. The number of hydrogen-bond donors (Lipinski definition) is 1. The second-order valence-electron chi connectivity index (χ2n) is 9.89. The van der Waals surface area contributed by atoms with Crippen molar-refractivity contribution in [2.45, 2.75) is 64.7 Å². The molecule has 0 radical (unpaired) electrons. The van der Waals surface area contributed by atoms with Crippen LogP contribution in [0.4, 0.5) is 0 Å². The minimum Gasteiger partial charge on any atom is -0.351 e. The second kappa shape index (κ2) is 8.48. The molecule has 7 heteroatoms. The lowest BCUT2D eigenvalue weighted by atomic mass is 9.77. The fraction of sp³-hybridized carbons (Fsp3) is 0.462. The van der Waals surface area contributed by atoms with E-state index in [9.17, 15) is 9.59 Å². The quantitative estimate of drug-likeness (QED) is 0.516. The maximum absolute atomic E-state index is 13.9. The van der Waals surface area contributed by atoms with Gasteiger partial charge in [0.2, 0.25) is 5.91 Å². The largest absolute Gasteiger partial charge is 0.351 e. The van der Waals surface area contributed by atoms with Gasteiger partial charge in [0.1, 0.15) is 11.2 Å². The summed E-state index contributed by atoms with van der Waals surface area (Å²) in [6.07, 6.45) is 3.30. The molecule has 33 heavy (non-hydrogen) atoms. The average Bonchev–Trinajstić information content (AvgIpc) is 3.38. The van der Waals surface area contributed by atoms with Gasteiger partial charge >= 0.3 is 0 Å². The van der Waals surface area contributed by atoms with Crippen LogP contribution >= 0.6 is 22.9 Å². The number of hydrogen-bond acceptors (Lipinski definition) is 3. The number of benzene rings is 1. The summed E-state index contributed by atoms with van der Waals surface area (Å²) >= 11 is 8.07. The SMILES string of the molecule is C[C@H]1[C@H](C)CCC[C@@H]1NC(=O)[C@@]1(C)Cn2c(cc3sccc32)C(=O)N1Cc1ccccc1Cl. The topological polar surface area (TPSA) is 54.3 Å². The molecule has 1 aliphatic heterocycles. The highest BCUT2D eigenvalue weighted by molar-refractivity contribution is 7.17. The van der Waals surface area contributed by atoms with E-state index in [0.29, 0.717) is 29.1 Å². The molecule has 1 aliphatic carbocycles. The number of halogens is 1. The molecule has 0 saturated heterocycles. The first-order chi connectivity index (χ1) is 15.8. The average molecular weight is 484 g/mol. The van der Waals surface area contributed by atoms with Crippen LogP contribution in [0.25, 0.3) is 10.2 Å². The lowest BCUT2D eigenvalue weighted by Crippen LogP contribution is -2.65. The minimum absolute atomic E-state index is 0.0865. The summed E-state index contributed by atoms with van der Waals surface area (Å²) < 4.78 is 3.08. The van der Waals surface area contributed by atoms with Gasteiger partial charge in [-0.15, -0.1) is 11.3 Å². The number of fused-ring (bicyclic) bond motifs is 3. The van der Waals surface area contributed by atoms with Gasteiger partial charge in [-0.1, -0.05) is 56.5 Å². The zero-order chi connectivity index (χ0) is 23.3. The number of nitrogens with one attached hydrogen (secondary N) is 1. The molecule has 0 spiro atoms. The number of thiophene rings is 1. The highest BCUT2D eigenvalue weighted by atomic mass is 35.5. The Morgan fingerprint density at radius 2 is 2.03 bits per heavy atom. The summed E-state index contributed by atoms with van der Waals surface area (Å²) in [7, 11) is 0. The lowest BCUT2D eigenvalue weighted by molar-refractivity contribution is -0.134. The molecule has 1 saturated carbocycles. The molecule has 0 unspecified atom stereocenters. The number of rotatable bonds is 4. The van der Waals surface area contributed by atoms with Crippen molar-refractivity contribution in [1.29, 1.82) is 0 Å². The summed E-state index contributed by atoms with van der Waals surface area (Å²) in [5.74, 6) is 0.766. The Kier molecular flexibility index (Phi) is 5.78. The first-order valence-electron chi connectivity index (χ1n) is 11.7. The van der Waals surface area contributed by atoms with Crippen molar-refractivity contribution in [2.24, 2.45) is 11.8 Å². The van der Waals surface area contributed by atoms with E-state index in [2.05, 4.69) is 19.2 Å². The molecule has 1 fully saturated rings. The number of carbonyl (C=O) groups is 2. The normalized spacial score (nSPS) is 27.6. The molecule has 2 aliphatic rings. The highest BCUT2D eigenvalue weighted by Crippen LogP contribution is 2.37. The van der Waals surface area contributed by atoms with Gasteiger partial charge in [-0.25, -0.2) is 0 Å². The van der Waals surface area contributed by atoms with Crippen molar-refractivity contribution in [3.05, 3.63) is 58.1 Å². The van der Waals surface area contributed by atoms with E-state index in [-0.39, 0.29) is 24.4 Å². The molecule has 1 N–H and O–H groups in total. The first-order valence-corrected chi connectivity index (χ1v) is 13.0. The second-order valence-corrected chi connectivity index (χ2v) is 11.2. The summed E-state index contributed by atoms with van der Waals surface area (Å²) in [4.78, 5) is 29.5. The van der Waals surface area contributed by atoms with E-state index in [0.717, 1.165) is 28.6 Å². The van der Waals surface area contributed by atoms with Crippen LogP contribution in [-0.4, -0.2) is 32.9 Å². The van der Waals surface area contributed by atoms with E-state index in [1.807, 2.05) is 53.3 Å². The van der Waals surface area contributed by atoms with Crippen LogP contribution in [-0.2, 0) is 17.9 Å². The van der Waals surface area contributed by atoms with Crippen molar-refractivity contribution < 1.29 is 9.59 Å². The molecule has 174 valence electrons. The molecule has 0 bridgehead atoms. The zero-order valence-electron chi connectivity index (χ0n) is 19.3. The van der Waals surface area contributed by atoms with E-state index < -0.39 is 5.54 Å². The van der Waals surface area contributed by atoms with Gasteiger partial charge in [0, 0.05) is 17.6 Å². The fourth-order valence-electron chi connectivity index (χ4n) is 5.43. The Morgan fingerprint density at radius 3 is 2.82 bits per heavy atom. The van der Waals surface area contributed by atoms with Crippen LogP contribution in [0.15, 0.2) is 41.8 Å². The maximum atomic E-state index is 13.9. The Morgan fingerprint density at radius 1 is 1.24 bits per heavy atom. The predicted molar refractivity (Wildman–Crippen MR) is 134 cm³/mol. The van der Waals surface area contributed by atoms with Gasteiger partial charge in [0.25, 0.3) is 5.91 Å². The van der Waals surface area contributed by atoms with Gasteiger partial charge < -0.3 is 14.8 Å². The Labute approximate surface area is 203 Å². The summed E-state index contributed by atoms with van der Waals surface area (Å²) in [6, 6.07) is 11.6. The molecule has 5 rings (SSSR count). The Bertz CT molecular complexity index is 1220. The van der Waals surface area contributed by atoms with Crippen molar-refractivity contribution in [3.8, 4) is 0 Å². The van der Waals surface area contributed by atoms with E-state index >= 15 is 0 Å². The van der Waals surface area contributed by atoms with Crippen LogP contribution in [0.2, 0.25) is 5.02 Å². The number of nitrogens with zero attached hydrogens (tertiary/aromatic N) is 2. The van der Waals surface area contributed by atoms with Gasteiger partial charge in [-0.2, -0.15) is 0 Å². The Balaban J connectivity index is 1.54. The molecular formula is C26H30ClN3O2S. The number of aromatic nitrogens is 1.